The lowest BCUT2D eigenvalue weighted by Gasteiger charge is -2.06. The Morgan fingerprint density at radius 2 is 2.19 bits per heavy atom. The van der Waals surface area contributed by atoms with Gasteiger partial charge in [0.05, 0.1) is 0 Å². The molecule has 4 heteroatoms. The molecule has 0 heterocycles. The molecule has 0 aliphatic carbocycles. The maximum absolute atomic E-state index is 11.6. The molecule has 0 radical (unpaired) electrons. The number of aryl methyl sites for hydroxylation is 1. The summed E-state index contributed by atoms with van der Waals surface area (Å²) in [5, 5.41) is 12.3. The number of aromatic hydroxyl groups is 1. The second kappa shape index (κ2) is 6.73. The highest BCUT2D eigenvalue weighted by Crippen LogP contribution is 2.17. The fourth-order valence-corrected chi connectivity index (χ4v) is 1.81. The zero-order chi connectivity index (χ0) is 12.0. The molecule has 0 unspecified atom stereocenters. The first-order valence-electron chi connectivity index (χ1n) is 5.29. The lowest BCUT2D eigenvalue weighted by molar-refractivity contribution is 0.0953. The van der Waals surface area contributed by atoms with E-state index in [4.69, 9.17) is 0 Å². The largest absolute Gasteiger partial charge is 0.508 e. The van der Waals surface area contributed by atoms with Crippen LogP contribution in [0, 0.1) is 6.92 Å². The van der Waals surface area contributed by atoms with Crippen molar-refractivity contribution >= 4 is 28.5 Å². The summed E-state index contributed by atoms with van der Waals surface area (Å²) in [7, 11) is 0. The average Bonchev–Trinajstić information content (AvgIpc) is 2.28. The summed E-state index contributed by atoms with van der Waals surface area (Å²) in [4.78, 5) is 11.6. The normalized spacial score (nSPS) is 10.1. The molecular weight excluding hydrogens is 317 g/mol. The van der Waals surface area contributed by atoms with Crippen LogP contribution in [0.3, 0.4) is 0 Å². The lowest BCUT2D eigenvalue weighted by atomic mass is 10.1. The van der Waals surface area contributed by atoms with Crippen LogP contribution in [0.4, 0.5) is 0 Å². The number of carbonyl (C=O) groups is 1. The van der Waals surface area contributed by atoms with Crippen molar-refractivity contribution in [3.63, 3.8) is 0 Å². The maximum Gasteiger partial charge on any atom is 0.251 e. The first-order chi connectivity index (χ1) is 7.65. The minimum absolute atomic E-state index is 0.122. The molecule has 0 fully saturated rings. The zero-order valence-electron chi connectivity index (χ0n) is 9.29. The SMILES string of the molecule is Cc1ccc(C(=O)NCCCCI)cc1O. The highest BCUT2D eigenvalue weighted by molar-refractivity contribution is 14.1. The number of amides is 1. The third kappa shape index (κ3) is 4.00. The smallest absolute Gasteiger partial charge is 0.251 e. The van der Waals surface area contributed by atoms with E-state index in [1.54, 1.807) is 19.1 Å². The molecule has 1 aromatic carbocycles. The fraction of sp³-hybridized carbons (Fsp3) is 0.417. The van der Waals surface area contributed by atoms with Crippen LogP contribution in [0.5, 0.6) is 5.75 Å². The zero-order valence-corrected chi connectivity index (χ0v) is 11.5. The van der Waals surface area contributed by atoms with Gasteiger partial charge in [0.15, 0.2) is 0 Å². The van der Waals surface area contributed by atoms with E-state index in [0.29, 0.717) is 12.1 Å². The van der Waals surface area contributed by atoms with Gasteiger partial charge in [0.1, 0.15) is 5.75 Å². The highest BCUT2D eigenvalue weighted by atomic mass is 127. The maximum atomic E-state index is 11.6. The first-order valence-corrected chi connectivity index (χ1v) is 6.81. The van der Waals surface area contributed by atoms with Crippen LogP contribution in [-0.2, 0) is 0 Å². The number of rotatable bonds is 5. The third-order valence-corrected chi connectivity index (χ3v) is 3.08. The van der Waals surface area contributed by atoms with E-state index in [0.717, 1.165) is 22.8 Å². The van der Waals surface area contributed by atoms with E-state index < -0.39 is 0 Å². The van der Waals surface area contributed by atoms with Gasteiger partial charge in [-0.25, -0.2) is 0 Å². The van der Waals surface area contributed by atoms with Gasteiger partial charge >= 0.3 is 0 Å². The molecule has 88 valence electrons. The van der Waals surface area contributed by atoms with Gasteiger partial charge in [0.25, 0.3) is 5.91 Å². The van der Waals surface area contributed by atoms with Crippen molar-refractivity contribution in [2.24, 2.45) is 0 Å². The molecule has 0 saturated heterocycles. The van der Waals surface area contributed by atoms with Crippen molar-refractivity contribution in [2.45, 2.75) is 19.8 Å². The molecular formula is C12H16INO2. The van der Waals surface area contributed by atoms with Gasteiger partial charge in [0, 0.05) is 12.1 Å². The van der Waals surface area contributed by atoms with Crippen LogP contribution >= 0.6 is 22.6 Å². The summed E-state index contributed by atoms with van der Waals surface area (Å²) >= 11 is 2.32. The summed E-state index contributed by atoms with van der Waals surface area (Å²) in [6, 6.07) is 4.97. The van der Waals surface area contributed by atoms with Gasteiger partial charge in [-0.2, -0.15) is 0 Å². The number of phenolic OH excluding ortho intramolecular Hbond substituents is 1. The van der Waals surface area contributed by atoms with E-state index in [-0.39, 0.29) is 11.7 Å². The number of benzene rings is 1. The fourth-order valence-electron chi connectivity index (χ4n) is 1.27. The predicted octanol–water partition coefficient (Wildman–Crippen LogP) is 2.65. The Hall–Kier alpha value is -0.780. The summed E-state index contributed by atoms with van der Waals surface area (Å²) in [5.74, 6) is 0.0451. The van der Waals surface area contributed by atoms with Gasteiger partial charge < -0.3 is 10.4 Å². The molecule has 1 rings (SSSR count). The van der Waals surface area contributed by atoms with E-state index in [2.05, 4.69) is 27.9 Å². The Morgan fingerprint density at radius 1 is 1.44 bits per heavy atom. The third-order valence-electron chi connectivity index (χ3n) is 2.32. The van der Waals surface area contributed by atoms with Crippen molar-refractivity contribution in [1.29, 1.82) is 0 Å². The molecule has 0 aliphatic heterocycles. The van der Waals surface area contributed by atoms with Gasteiger partial charge in [-0.15, -0.1) is 0 Å². The Kier molecular flexibility index (Phi) is 5.59. The quantitative estimate of drug-likeness (QED) is 0.494. The van der Waals surface area contributed by atoms with E-state index in [1.165, 1.54) is 6.07 Å². The summed E-state index contributed by atoms with van der Waals surface area (Å²) in [5.41, 5.74) is 1.29. The Bertz CT molecular complexity index is 366. The highest BCUT2D eigenvalue weighted by Gasteiger charge is 2.06. The van der Waals surface area contributed by atoms with Crippen molar-refractivity contribution in [3.05, 3.63) is 29.3 Å². The van der Waals surface area contributed by atoms with Crippen molar-refractivity contribution < 1.29 is 9.90 Å². The van der Waals surface area contributed by atoms with Crippen LogP contribution in [-0.4, -0.2) is 22.0 Å². The van der Waals surface area contributed by atoms with Gasteiger partial charge in [-0.3, -0.25) is 4.79 Å². The van der Waals surface area contributed by atoms with Crippen LogP contribution in [0.15, 0.2) is 18.2 Å². The van der Waals surface area contributed by atoms with E-state index in [9.17, 15) is 9.90 Å². The van der Waals surface area contributed by atoms with Gasteiger partial charge in [-0.05, 0) is 41.9 Å². The Morgan fingerprint density at radius 3 is 2.81 bits per heavy atom. The molecule has 0 saturated carbocycles. The molecule has 1 aromatic rings. The van der Waals surface area contributed by atoms with E-state index >= 15 is 0 Å². The van der Waals surface area contributed by atoms with Crippen LogP contribution in [0.2, 0.25) is 0 Å². The number of halogens is 1. The molecule has 1 amide bonds. The second-order valence-electron chi connectivity index (χ2n) is 3.65. The van der Waals surface area contributed by atoms with E-state index in [1.807, 2.05) is 0 Å². The summed E-state index contributed by atoms with van der Waals surface area (Å²) in [6.45, 7) is 2.49. The number of hydrogen-bond acceptors (Lipinski definition) is 2. The Labute approximate surface area is 109 Å². The van der Waals surface area contributed by atoms with Crippen LogP contribution in [0.25, 0.3) is 0 Å². The van der Waals surface area contributed by atoms with Crippen molar-refractivity contribution in [3.8, 4) is 5.75 Å². The molecule has 0 atom stereocenters. The van der Waals surface area contributed by atoms with Gasteiger partial charge in [0.2, 0.25) is 0 Å². The minimum Gasteiger partial charge on any atom is -0.508 e. The van der Waals surface area contributed by atoms with Crippen LogP contribution < -0.4 is 5.32 Å². The summed E-state index contributed by atoms with van der Waals surface area (Å²) in [6.07, 6.45) is 2.10. The summed E-state index contributed by atoms with van der Waals surface area (Å²) < 4.78 is 1.11. The molecule has 0 bridgehead atoms. The number of unbranched alkanes of at least 4 members (excludes halogenated alkanes) is 1. The Balaban J connectivity index is 2.50. The number of hydrogen-bond donors (Lipinski definition) is 2. The van der Waals surface area contributed by atoms with Crippen molar-refractivity contribution in [1.82, 2.24) is 5.32 Å². The molecule has 0 spiro atoms. The van der Waals surface area contributed by atoms with Gasteiger partial charge in [-0.1, -0.05) is 28.7 Å². The number of phenols is 1. The molecule has 16 heavy (non-hydrogen) atoms. The average molecular weight is 333 g/mol. The number of alkyl halides is 1. The lowest BCUT2D eigenvalue weighted by Crippen LogP contribution is -2.24. The predicted molar refractivity (Wildman–Crippen MR) is 73.3 cm³/mol. The first kappa shape index (κ1) is 13.3. The van der Waals surface area contributed by atoms with Crippen LogP contribution in [0.1, 0.15) is 28.8 Å². The number of nitrogens with one attached hydrogen (secondary N) is 1. The molecule has 2 N–H and O–H groups in total. The monoisotopic (exact) mass is 333 g/mol. The standard InChI is InChI=1S/C12H16INO2/c1-9-4-5-10(8-11(9)15)12(16)14-7-3-2-6-13/h4-5,8,15H,2-3,6-7H2,1H3,(H,14,16). The molecule has 3 nitrogen and oxygen atoms in total. The second-order valence-corrected chi connectivity index (χ2v) is 4.73. The molecule has 0 aromatic heterocycles. The van der Waals surface area contributed by atoms with Crippen molar-refractivity contribution in [2.75, 3.05) is 11.0 Å². The minimum atomic E-state index is -0.122. The topological polar surface area (TPSA) is 49.3 Å². The number of carbonyl (C=O) groups excluding carboxylic acids is 1. The molecule has 0 aliphatic rings.